The fourth-order valence-electron chi connectivity index (χ4n) is 0.744. The van der Waals surface area contributed by atoms with Gasteiger partial charge in [0.05, 0.1) is 0 Å². The van der Waals surface area contributed by atoms with Gasteiger partial charge in [-0.25, -0.2) is 5.90 Å². The SMILES string of the molecule is CCCC(C)(C)CBr.NOPI. The maximum absolute atomic E-state index is 4.53. The minimum Gasteiger partial charge on any atom is -0.275 e. The van der Waals surface area contributed by atoms with E-state index < -0.39 is 0 Å². The lowest BCUT2D eigenvalue weighted by molar-refractivity contribution is 0.385. The van der Waals surface area contributed by atoms with Gasteiger partial charge in [0, 0.05) is 5.33 Å². The van der Waals surface area contributed by atoms with Crippen LogP contribution in [-0.4, -0.2) is 5.33 Å². The van der Waals surface area contributed by atoms with E-state index in [0.29, 0.717) is 11.9 Å². The van der Waals surface area contributed by atoms with Gasteiger partial charge in [-0.1, -0.05) is 43.1 Å². The van der Waals surface area contributed by atoms with Crippen molar-refractivity contribution < 1.29 is 4.62 Å². The molecule has 0 heterocycles. The van der Waals surface area contributed by atoms with Crippen molar-refractivity contribution in [3.05, 3.63) is 0 Å². The van der Waals surface area contributed by atoms with E-state index in [-0.39, 0.29) is 0 Å². The Hall–Kier alpha value is 1.56. The van der Waals surface area contributed by atoms with Gasteiger partial charge in [0.2, 0.25) is 0 Å². The minimum atomic E-state index is 0.388. The summed E-state index contributed by atoms with van der Waals surface area (Å²) in [7, 11) is 0. The summed E-state index contributed by atoms with van der Waals surface area (Å²) in [5, 5.41) is 1.12. The predicted octanol–water partition coefficient (Wildman–Crippen LogP) is 4.03. The maximum atomic E-state index is 4.53. The number of alkyl halides is 1. The summed E-state index contributed by atoms with van der Waals surface area (Å²) in [6.45, 7) is 7.18. The topological polar surface area (TPSA) is 35.2 Å². The third-order valence-corrected chi connectivity index (χ3v) is 3.70. The first-order chi connectivity index (χ1) is 5.54. The van der Waals surface area contributed by atoms with E-state index in [1.54, 1.807) is 0 Å². The molecule has 0 radical (unpaired) electrons. The average Bonchev–Trinajstić information content (AvgIpc) is 2.05. The third kappa shape index (κ3) is 14.1. The van der Waals surface area contributed by atoms with Crippen LogP contribution in [0.3, 0.4) is 0 Å². The number of nitrogens with two attached hydrogens (primary N) is 1. The van der Waals surface area contributed by atoms with Crippen LogP contribution in [0.4, 0.5) is 0 Å². The second-order valence-corrected chi connectivity index (χ2v) is 5.51. The zero-order valence-corrected chi connectivity index (χ0v) is 12.6. The molecule has 0 aromatic rings. The van der Waals surface area contributed by atoms with Crippen LogP contribution in [0.1, 0.15) is 33.6 Å². The average molecular weight is 370 g/mol. The lowest BCUT2D eigenvalue weighted by Gasteiger charge is -2.19. The molecule has 0 spiro atoms. The zero-order valence-electron chi connectivity index (χ0n) is 7.86. The Labute approximate surface area is 98.8 Å². The van der Waals surface area contributed by atoms with E-state index >= 15 is 0 Å². The first-order valence-corrected chi connectivity index (χ1v) is 8.95. The first kappa shape index (κ1) is 16.0. The van der Waals surface area contributed by atoms with E-state index in [1.807, 2.05) is 22.0 Å². The van der Waals surface area contributed by atoms with Gasteiger partial charge in [-0.2, -0.15) is 0 Å². The van der Waals surface area contributed by atoms with Crippen molar-refractivity contribution in [1.29, 1.82) is 0 Å². The lowest BCUT2D eigenvalue weighted by atomic mass is 9.91. The Kier molecular flexibility index (Phi) is 14.2. The fraction of sp³-hybridized carbons (Fsp3) is 1.00. The van der Waals surface area contributed by atoms with Gasteiger partial charge < -0.3 is 0 Å². The normalized spacial score (nSPS) is 11.5. The van der Waals surface area contributed by atoms with Gasteiger partial charge in [-0.15, -0.1) is 0 Å². The molecular formula is C7H18BrINOP. The molecule has 0 aromatic heterocycles. The molecule has 0 saturated carbocycles. The quantitative estimate of drug-likeness (QED) is 0.351. The lowest BCUT2D eigenvalue weighted by Crippen LogP contribution is -2.11. The molecule has 0 aliphatic rings. The molecule has 1 atom stereocenters. The van der Waals surface area contributed by atoms with Crippen molar-refractivity contribution in [2.24, 2.45) is 11.3 Å². The molecule has 0 saturated heterocycles. The second-order valence-electron chi connectivity index (χ2n) is 3.24. The second kappa shape index (κ2) is 10.6. The van der Waals surface area contributed by atoms with E-state index in [1.165, 1.54) is 12.8 Å². The van der Waals surface area contributed by atoms with E-state index in [4.69, 9.17) is 0 Å². The summed E-state index contributed by atoms with van der Waals surface area (Å²) in [4.78, 5) is 0. The van der Waals surface area contributed by atoms with Crippen molar-refractivity contribution in [1.82, 2.24) is 0 Å². The Morgan fingerprint density at radius 3 is 2.08 bits per heavy atom. The molecule has 2 N–H and O–H groups in total. The summed E-state index contributed by atoms with van der Waals surface area (Å²) < 4.78 is 4.06. The van der Waals surface area contributed by atoms with Gasteiger partial charge >= 0.3 is 0 Å². The fourth-order valence-corrected chi connectivity index (χ4v) is 1.02. The third-order valence-electron chi connectivity index (χ3n) is 1.33. The van der Waals surface area contributed by atoms with E-state index in [9.17, 15) is 0 Å². The standard InChI is InChI=1S/C7H15Br.H3INOP/c1-4-5-7(2,3)6-8;1-4-3-2/h4-6H2,1-3H3;4H,2H2. The summed E-state index contributed by atoms with van der Waals surface area (Å²) >= 11 is 5.50. The molecule has 1 unspecified atom stereocenters. The van der Waals surface area contributed by atoms with Crippen molar-refractivity contribution >= 4 is 44.4 Å². The maximum Gasteiger partial charge on any atom is 0.104 e. The minimum absolute atomic E-state index is 0.388. The molecule has 5 heteroatoms. The monoisotopic (exact) mass is 369 g/mol. The zero-order chi connectivity index (χ0) is 10.0. The largest absolute Gasteiger partial charge is 0.275 e. The van der Waals surface area contributed by atoms with Gasteiger partial charge in [-0.05, 0) is 33.9 Å². The highest BCUT2D eigenvalue weighted by atomic mass is 127. The number of hydrogen-bond acceptors (Lipinski definition) is 2. The van der Waals surface area contributed by atoms with E-state index in [0.717, 1.165) is 5.33 Å². The molecule has 0 aliphatic carbocycles. The van der Waals surface area contributed by atoms with E-state index in [2.05, 4.69) is 47.2 Å². The van der Waals surface area contributed by atoms with Crippen LogP contribution in [0.25, 0.3) is 0 Å². The van der Waals surface area contributed by atoms with Gasteiger partial charge in [0.1, 0.15) is 6.45 Å². The molecule has 76 valence electrons. The van der Waals surface area contributed by atoms with Crippen molar-refractivity contribution in [3.8, 4) is 0 Å². The smallest absolute Gasteiger partial charge is 0.104 e. The number of halogens is 2. The van der Waals surface area contributed by atoms with Crippen LogP contribution in [0.15, 0.2) is 0 Å². The number of hydrogen-bond donors (Lipinski definition) is 1. The predicted molar refractivity (Wildman–Crippen MR) is 70.1 cm³/mol. The van der Waals surface area contributed by atoms with Crippen LogP contribution >= 0.6 is 44.4 Å². The Bertz CT molecular complexity index is 93.5. The molecule has 0 fully saturated rings. The van der Waals surface area contributed by atoms with Crippen LogP contribution in [0.5, 0.6) is 0 Å². The van der Waals surface area contributed by atoms with Crippen molar-refractivity contribution in [2.75, 3.05) is 5.33 Å². The molecule has 0 rings (SSSR count). The summed E-state index contributed by atoms with van der Waals surface area (Å²) in [6, 6.07) is 0. The molecule has 0 bridgehead atoms. The molecule has 0 aromatic carbocycles. The van der Waals surface area contributed by atoms with Gasteiger partial charge in [-0.3, -0.25) is 4.62 Å². The molecular weight excluding hydrogens is 352 g/mol. The van der Waals surface area contributed by atoms with Crippen molar-refractivity contribution in [3.63, 3.8) is 0 Å². The van der Waals surface area contributed by atoms with Gasteiger partial charge in [0.15, 0.2) is 0 Å². The summed E-state index contributed by atoms with van der Waals surface area (Å²) in [5.41, 5.74) is 0.509. The van der Waals surface area contributed by atoms with Crippen LogP contribution in [-0.2, 0) is 4.62 Å². The summed E-state index contributed by atoms with van der Waals surface area (Å²) in [6.07, 6.45) is 2.61. The molecule has 2 nitrogen and oxygen atoms in total. The summed E-state index contributed by atoms with van der Waals surface area (Å²) in [5.74, 6) is 4.53. The number of rotatable bonds is 4. The highest BCUT2D eigenvalue weighted by molar-refractivity contribution is 14.2. The van der Waals surface area contributed by atoms with Crippen LogP contribution < -0.4 is 5.90 Å². The highest BCUT2D eigenvalue weighted by Gasteiger charge is 2.13. The molecule has 0 aliphatic heterocycles. The molecule has 0 amide bonds. The Balaban J connectivity index is 0. The van der Waals surface area contributed by atoms with Crippen LogP contribution in [0.2, 0.25) is 0 Å². The Morgan fingerprint density at radius 1 is 1.58 bits per heavy atom. The van der Waals surface area contributed by atoms with Crippen LogP contribution in [0, 0.1) is 5.41 Å². The highest BCUT2D eigenvalue weighted by Crippen LogP contribution is 2.23. The van der Waals surface area contributed by atoms with Crippen molar-refractivity contribution in [2.45, 2.75) is 33.6 Å². The Morgan fingerprint density at radius 2 is 2.00 bits per heavy atom. The first-order valence-electron chi connectivity index (χ1n) is 3.81. The molecule has 12 heavy (non-hydrogen) atoms. The van der Waals surface area contributed by atoms with Gasteiger partial charge in [0.25, 0.3) is 0 Å².